The van der Waals surface area contributed by atoms with Gasteiger partial charge in [0.1, 0.15) is 6.33 Å². The second-order valence-corrected chi connectivity index (χ2v) is 2.81. The predicted octanol–water partition coefficient (Wildman–Crippen LogP) is -0.142. The molecule has 0 amide bonds. The number of hydrogen-bond acceptors (Lipinski definition) is 2. The minimum absolute atomic E-state index is 0.824. The Morgan fingerprint density at radius 1 is 1.42 bits per heavy atom. The number of aromatic nitrogens is 3. The average molecular weight is 159 g/mol. The number of aryl methyl sites for hydroxylation is 1. The second kappa shape index (κ2) is 2.17. The van der Waals surface area contributed by atoms with E-state index in [1.807, 2.05) is 17.4 Å². The van der Waals surface area contributed by atoms with Gasteiger partial charge in [-0.2, -0.15) is 0 Å². The summed E-state index contributed by atoms with van der Waals surface area (Å²) < 4.78 is 1.83. The first kappa shape index (κ1) is 7.03. The summed E-state index contributed by atoms with van der Waals surface area (Å²) in [5.74, 6) is 0. The highest BCUT2D eigenvalue weighted by molar-refractivity contribution is 5.41. The molecule has 0 radical (unpaired) electrons. The molecule has 0 bridgehead atoms. The Kier molecular flexibility index (Phi) is 1.27. The topological polar surface area (TPSA) is 30.2 Å². The van der Waals surface area contributed by atoms with Gasteiger partial charge >= 0.3 is 0 Å². The third-order valence-electron chi connectivity index (χ3n) is 2.03. The van der Waals surface area contributed by atoms with E-state index in [1.54, 1.807) is 6.33 Å². The Balaban J connectivity index is 3.16. The SMILES string of the molecule is C=c1c(C)cc2nncn2c1=C. The molecule has 2 rings (SSSR count). The summed E-state index contributed by atoms with van der Waals surface area (Å²) in [7, 11) is 0. The molecule has 0 atom stereocenters. The number of pyridine rings is 1. The van der Waals surface area contributed by atoms with E-state index in [4.69, 9.17) is 0 Å². The Labute approximate surface area is 69.7 Å². The molecular weight excluding hydrogens is 150 g/mol. The van der Waals surface area contributed by atoms with Gasteiger partial charge in [-0.05, 0) is 23.8 Å². The van der Waals surface area contributed by atoms with E-state index in [0.29, 0.717) is 0 Å². The molecule has 0 aliphatic rings. The van der Waals surface area contributed by atoms with Crippen LogP contribution in [0.1, 0.15) is 5.56 Å². The molecule has 0 spiro atoms. The number of nitrogens with zero attached hydrogens (tertiary/aromatic N) is 3. The molecule has 0 aliphatic heterocycles. The van der Waals surface area contributed by atoms with Gasteiger partial charge in [-0.15, -0.1) is 10.2 Å². The number of hydrogen-bond donors (Lipinski definition) is 0. The van der Waals surface area contributed by atoms with E-state index in [0.717, 1.165) is 21.8 Å². The van der Waals surface area contributed by atoms with Crippen molar-refractivity contribution in [3.8, 4) is 0 Å². The van der Waals surface area contributed by atoms with Crippen LogP contribution in [0.3, 0.4) is 0 Å². The van der Waals surface area contributed by atoms with Gasteiger partial charge in [0.25, 0.3) is 0 Å². The zero-order valence-electron chi connectivity index (χ0n) is 6.91. The van der Waals surface area contributed by atoms with E-state index in [2.05, 4.69) is 23.4 Å². The van der Waals surface area contributed by atoms with Crippen molar-refractivity contribution in [1.82, 2.24) is 14.6 Å². The van der Waals surface area contributed by atoms with Crippen LogP contribution in [-0.4, -0.2) is 14.6 Å². The molecule has 0 aliphatic carbocycles. The molecule has 0 saturated heterocycles. The van der Waals surface area contributed by atoms with Crippen molar-refractivity contribution in [2.24, 2.45) is 0 Å². The lowest BCUT2D eigenvalue weighted by Crippen LogP contribution is -2.30. The van der Waals surface area contributed by atoms with Crippen LogP contribution in [-0.2, 0) is 0 Å². The zero-order chi connectivity index (χ0) is 8.72. The first-order valence-corrected chi connectivity index (χ1v) is 3.67. The lowest BCUT2D eigenvalue weighted by molar-refractivity contribution is 1.07. The van der Waals surface area contributed by atoms with Crippen molar-refractivity contribution in [3.63, 3.8) is 0 Å². The van der Waals surface area contributed by atoms with Crippen LogP contribution in [0.25, 0.3) is 18.8 Å². The Hall–Kier alpha value is -1.64. The smallest absolute Gasteiger partial charge is 0.161 e. The Morgan fingerprint density at radius 3 is 2.92 bits per heavy atom. The lowest BCUT2D eigenvalue weighted by Gasteiger charge is -1.96. The van der Waals surface area contributed by atoms with Gasteiger partial charge in [0.2, 0.25) is 0 Å². The summed E-state index contributed by atoms with van der Waals surface area (Å²) in [6.45, 7) is 9.80. The Bertz CT molecular complexity index is 524. The van der Waals surface area contributed by atoms with Crippen molar-refractivity contribution in [3.05, 3.63) is 28.5 Å². The highest BCUT2D eigenvalue weighted by Crippen LogP contribution is 1.93. The molecule has 0 fully saturated rings. The largest absolute Gasteiger partial charge is 0.282 e. The summed E-state index contributed by atoms with van der Waals surface area (Å²) in [4.78, 5) is 0. The zero-order valence-corrected chi connectivity index (χ0v) is 6.91. The van der Waals surface area contributed by atoms with E-state index in [1.165, 1.54) is 0 Å². The maximum atomic E-state index is 3.93. The first-order chi connectivity index (χ1) is 5.70. The Morgan fingerprint density at radius 2 is 2.17 bits per heavy atom. The van der Waals surface area contributed by atoms with E-state index in [9.17, 15) is 0 Å². The van der Waals surface area contributed by atoms with Crippen molar-refractivity contribution < 1.29 is 0 Å². The molecule has 60 valence electrons. The molecule has 0 N–H and O–H groups in total. The lowest BCUT2D eigenvalue weighted by atomic mass is 10.2. The van der Waals surface area contributed by atoms with Crippen molar-refractivity contribution in [1.29, 1.82) is 0 Å². The fourth-order valence-electron chi connectivity index (χ4n) is 1.20. The summed E-state index contributed by atoms with van der Waals surface area (Å²) in [6.07, 6.45) is 1.64. The third kappa shape index (κ3) is 0.763. The van der Waals surface area contributed by atoms with Gasteiger partial charge in [0.15, 0.2) is 5.65 Å². The summed E-state index contributed by atoms with van der Waals surface area (Å²) in [6, 6.07) is 1.95. The van der Waals surface area contributed by atoms with Crippen LogP contribution < -0.4 is 10.6 Å². The molecule has 0 unspecified atom stereocenters. The molecule has 0 aromatic carbocycles. The molecule has 3 heteroatoms. The van der Waals surface area contributed by atoms with Gasteiger partial charge in [-0.25, -0.2) is 0 Å². The van der Waals surface area contributed by atoms with Crippen LogP contribution in [0.15, 0.2) is 12.4 Å². The van der Waals surface area contributed by atoms with E-state index >= 15 is 0 Å². The van der Waals surface area contributed by atoms with E-state index < -0.39 is 0 Å². The average Bonchev–Trinajstić information content (AvgIpc) is 2.48. The van der Waals surface area contributed by atoms with Crippen molar-refractivity contribution >= 4 is 18.8 Å². The van der Waals surface area contributed by atoms with Crippen LogP contribution in [0.2, 0.25) is 0 Å². The molecule has 3 nitrogen and oxygen atoms in total. The van der Waals surface area contributed by atoms with Crippen LogP contribution in [0.4, 0.5) is 0 Å². The molecule has 12 heavy (non-hydrogen) atoms. The molecule has 2 aromatic rings. The quantitative estimate of drug-likeness (QED) is 0.535. The summed E-state index contributed by atoms with van der Waals surface area (Å²) >= 11 is 0. The van der Waals surface area contributed by atoms with Crippen LogP contribution in [0.5, 0.6) is 0 Å². The predicted molar refractivity (Wildman–Crippen MR) is 48.0 cm³/mol. The fraction of sp³-hybridized carbons (Fsp3) is 0.111. The maximum absolute atomic E-state index is 3.93. The second-order valence-electron chi connectivity index (χ2n) is 2.81. The van der Waals surface area contributed by atoms with Gasteiger partial charge in [0.05, 0.1) is 0 Å². The molecule has 2 aromatic heterocycles. The fourth-order valence-corrected chi connectivity index (χ4v) is 1.20. The van der Waals surface area contributed by atoms with Gasteiger partial charge in [0, 0.05) is 5.35 Å². The monoisotopic (exact) mass is 159 g/mol. The van der Waals surface area contributed by atoms with Crippen LogP contribution in [0, 0.1) is 6.92 Å². The number of rotatable bonds is 0. The summed E-state index contributed by atoms with van der Waals surface area (Å²) in [5.41, 5.74) is 1.92. The first-order valence-electron chi connectivity index (χ1n) is 3.67. The van der Waals surface area contributed by atoms with E-state index in [-0.39, 0.29) is 0 Å². The molecular formula is C9H9N3. The summed E-state index contributed by atoms with van der Waals surface area (Å²) in [5, 5.41) is 9.52. The van der Waals surface area contributed by atoms with Gasteiger partial charge in [-0.1, -0.05) is 13.2 Å². The van der Waals surface area contributed by atoms with Crippen LogP contribution >= 0.6 is 0 Å². The molecule has 0 saturated carbocycles. The normalized spacial score (nSPS) is 10.8. The minimum atomic E-state index is 0.824. The highest BCUT2D eigenvalue weighted by atomic mass is 15.2. The van der Waals surface area contributed by atoms with Gasteiger partial charge in [-0.3, -0.25) is 4.40 Å². The van der Waals surface area contributed by atoms with Crippen molar-refractivity contribution in [2.45, 2.75) is 6.92 Å². The standard InChI is InChI=1S/C9H9N3/c1-6-4-9-11-10-5-12(9)8(3)7(6)2/h4-5H,2-3H2,1H3. The number of fused-ring (bicyclic) bond motifs is 1. The molecule has 2 heterocycles. The maximum Gasteiger partial charge on any atom is 0.161 e. The van der Waals surface area contributed by atoms with Crippen molar-refractivity contribution in [2.75, 3.05) is 0 Å². The minimum Gasteiger partial charge on any atom is -0.282 e. The third-order valence-corrected chi connectivity index (χ3v) is 2.03. The van der Waals surface area contributed by atoms with Gasteiger partial charge < -0.3 is 0 Å². The highest BCUT2D eigenvalue weighted by Gasteiger charge is 1.97.